The third-order valence-electron chi connectivity index (χ3n) is 4.81. The van der Waals surface area contributed by atoms with Gasteiger partial charge in [-0.25, -0.2) is 14.6 Å². The molecule has 0 saturated carbocycles. The van der Waals surface area contributed by atoms with Crippen molar-refractivity contribution in [1.29, 1.82) is 0 Å². The van der Waals surface area contributed by atoms with Gasteiger partial charge in [0, 0.05) is 17.8 Å². The van der Waals surface area contributed by atoms with Crippen molar-refractivity contribution in [2.45, 2.75) is 44.9 Å². The standard InChI is InChI=1S/C26H33NO4/c1-3-18-30-31-20-9-11-23-14-17-25(27-21-23)24-15-12-22(13-16-24)10-7-5-6-8-19-29-26(28)4-2/h3-4,12-17,21H,1-2,5-11,18-20H2. The van der Waals surface area contributed by atoms with Crippen LogP contribution in [0.1, 0.15) is 43.2 Å². The van der Waals surface area contributed by atoms with Crippen molar-refractivity contribution in [2.75, 3.05) is 19.8 Å². The molecule has 0 fully saturated rings. The number of hydrogen-bond donors (Lipinski definition) is 0. The molecule has 1 heterocycles. The SMILES string of the molecule is C=CCOOCCCc1ccc(-c2ccc(CCCCCCOC(=O)C=C)cc2)nc1. The predicted octanol–water partition coefficient (Wildman–Crippen LogP) is 5.65. The average molecular weight is 424 g/mol. The van der Waals surface area contributed by atoms with Crippen LogP contribution in [0.4, 0.5) is 0 Å². The van der Waals surface area contributed by atoms with Crippen molar-refractivity contribution in [2.24, 2.45) is 0 Å². The molecule has 0 saturated heterocycles. The van der Waals surface area contributed by atoms with Gasteiger partial charge in [-0.05, 0) is 49.3 Å². The normalized spacial score (nSPS) is 10.6. The molecule has 0 radical (unpaired) electrons. The first-order valence-corrected chi connectivity index (χ1v) is 10.9. The Morgan fingerprint density at radius 3 is 2.29 bits per heavy atom. The Labute approximate surface area is 185 Å². The molecule has 166 valence electrons. The van der Waals surface area contributed by atoms with Crippen LogP contribution in [-0.2, 0) is 32.1 Å². The fourth-order valence-corrected chi connectivity index (χ4v) is 3.09. The van der Waals surface area contributed by atoms with Crippen LogP contribution in [0, 0.1) is 0 Å². The lowest BCUT2D eigenvalue weighted by molar-refractivity contribution is -0.286. The zero-order chi connectivity index (χ0) is 22.2. The molecule has 0 aliphatic carbocycles. The fraction of sp³-hybridized carbons (Fsp3) is 0.385. The van der Waals surface area contributed by atoms with Crippen LogP contribution in [0.5, 0.6) is 0 Å². The molecule has 0 aliphatic heterocycles. The van der Waals surface area contributed by atoms with Gasteiger partial charge < -0.3 is 4.74 Å². The average Bonchev–Trinajstić information content (AvgIpc) is 2.81. The van der Waals surface area contributed by atoms with Gasteiger partial charge in [0.05, 0.1) is 18.9 Å². The minimum atomic E-state index is -0.344. The number of ether oxygens (including phenoxy) is 1. The second-order valence-corrected chi connectivity index (χ2v) is 7.28. The van der Waals surface area contributed by atoms with E-state index in [-0.39, 0.29) is 5.97 Å². The van der Waals surface area contributed by atoms with E-state index in [1.807, 2.05) is 6.20 Å². The van der Waals surface area contributed by atoms with Gasteiger partial charge >= 0.3 is 5.97 Å². The molecule has 0 N–H and O–H groups in total. The number of aryl methyl sites for hydroxylation is 2. The van der Waals surface area contributed by atoms with Gasteiger partial charge in [0.2, 0.25) is 0 Å². The number of pyridine rings is 1. The van der Waals surface area contributed by atoms with E-state index in [0.717, 1.165) is 56.2 Å². The van der Waals surface area contributed by atoms with Crippen LogP contribution >= 0.6 is 0 Å². The second-order valence-electron chi connectivity index (χ2n) is 7.28. The summed E-state index contributed by atoms with van der Waals surface area (Å²) in [6, 6.07) is 12.8. The molecular formula is C26H33NO4. The molecule has 0 aliphatic rings. The monoisotopic (exact) mass is 423 g/mol. The number of carbonyl (C=O) groups excluding carboxylic acids is 1. The van der Waals surface area contributed by atoms with Crippen molar-refractivity contribution in [3.8, 4) is 11.3 Å². The highest BCUT2D eigenvalue weighted by Crippen LogP contribution is 2.19. The summed E-state index contributed by atoms with van der Waals surface area (Å²) in [4.78, 5) is 25.5. The van der Waals surface area contributed by atoms with Crippen LogP contribution in [0.3, 0.4) is 0 Å². The number of nitrogens with zero attached hydrogens (tertiary/aromatic N) is 1. The fourth-order valence-electron chi connectivity index (χ4n) is 3.09. The van der Waals surface area contributed by atoms with Crippen LogP contribution in [0.2, 0.25) is 0 Å². The minimum absolute atomic E-state index is 0.344. The van der Waals surface area contributed by atoms with Gasteiger partial charge in [-0.3, -0.25) is 4.98 Å². The number of rotatable bonds is 16. The van der Waals surface area contributed by atoms with Crippen molar-refractivity contribution in [1.82, 2.24) is 4.98 Å². The van der Waals surface area contributed by atoms with E-state index in [4.69, 9.17) is 14.5 Å². The maximum atomic E-state index is 11.0. The highest BCUT2D eigenvalue weighted by atomic mass is 17.2. The molecule has 0 atom stereocenters. The topological polar surface area (TPSA) is 57.7 Å². The number of hydrogen-bond acceptors (Lipinski definition) is 5. The van der Waals surface area contributed by atoms with Crippen molar-refractivity contribution < 1.29 is 19.3 Å². The minimum Gasteiger partial charge on any atom is -0.463 e. The Hall–Kier alpha value is -2.76. The van der Waals surface area contributed by atoms with E-state index in [1.54, 1.807) is 6.08 Å². The van der Waals surface area contributed by atoms with Gasteiger partial charge in [0.15, 0.2) is 0 Å². The second kappa shape index (κ2) is 15.1. The summed E-state index contributed by atoms with van der Waals surface area (Å²) in [5, 5.41) is 0. The smallest absolute Gasteiger partial charge is 0.330 e. The lowest BCUT2D eigenvalue weighted by Crippen LogP contribution is -2.01. The molecule has 5 heteroatoms. The number of esters is 1. The predicted molar refractivity (Wildman–Crippen MR) is 123 cm³/mol. The Morgan fingerprint density at radius 1 is 0.839 bits per heavy atom. The molecule has 0 unspecified atom stereocenters. The molecule has 5 nitrogen and oxygen atoms in total. The quantitative estimate of drug-likeness (QED) is 0.0872. The Kier molecular flexibility index (Phi) is 11.9. The van der Waals surface area contributed by atoms with E-state index in [9.17, 15) is 4.79 Å². The third kappa shape index (κ3) is 10.2. The van der Waals surface area contributed by atoms with Gasteiger partial charge in [-0.15, -0.1) is 6.58 Å². The number of aromatic nitrogens is 1. The Balaban J connectivity index is 1.66. The molecule has 31 heavy (non-hydrogen) atoms. The summed E-state index contributed by atoms with van der Waals surface area (Å²) in [6.07, 6.45) is 11.8. The van der Waals surface area contributed by atoms with E-state index in [1.165, 1.54) is 17.2 Å². The summed E-state index contributed by atoms with van der Waals surface area (Å²) in [5.41, 5.74) is 4.62. The molecule has 0 spiro atoms. The van der Waals surface area contributed by atoms with Crippen LogP contribution < -0.4 is 0 Å². The molecule has 0 amide bonds. The lowest BCUT2D eigenvalue weighted by Gasteiger charge is -2.06. The van der Waals surface area contributed by atoms with E-state index in [2.05, 4.69) is 54.5 Å². The van der Waals surface area contributed by atoms with E-state index >= 15 is 0 Å². The summed E-state index contributed by atoms with van der Waals surface area (Å²) in [6.45, 7) is 8.39. The summed E-state index contributed by atoms with van der Waals surface area (Å²) in [5.74, 6) is -0.344. The number of benzene rings is 1. The first-order valence-electron chi connectivity index (χ1n) is 10.9. The molecule has 1 aromatic carbocycles. The zero-order valence-electron chi connectivity index (χ0n) is 18.3. The van der Waals surface area contributed by atoms with Crippen molar-refractivity contribution in [3.05, 3.63) is 79.0 Å². The lowest BCUT2D eigenvalue weighted by atomic mass is 10.0. The van der Waals surface area contributed by atoms with Gasteiger partial charge in [0.1, 0.15) is 6.61 Å². The number of carbonyl (C=O) groups is 1. The highest BCUT2D eigenvalue weighted by molar-refractivity contribution is 5.81. The third-order valence-corrected chi connectivity index (χ3v) is 4.81. The van der Waals surface area contributed by atoms with Crippen LogP contribution in [0.15, 0.2) is 67.9 Å². The molecule has 2 aromatic rings. The molecule has 1 aromatic heterocycles. The van der Waals surface area contributed by atoms with Crippen molar-refractivity contribution in [3.63, 3.8) is 0 Å². The van der Waals surface area contributed by atoms with Gasteiger partial charge in [0.25, 0.3) is 0 Å². The van der Waals surface area contributed by atoms with Gasteiger partial charge in [-0.1, -0.05) is 55.8 Å². The summed E-state index contributed by atoms with van der Waals surface area (Å²) < 4.78 is 4.98. The number of unbranched alkanes of at least 4 members (excludes halogenated alkanes) is 3. The van der Waals surface area contributed by atoms with Crippen LogP contribution in [0.25, 0.3) is 11.3 Å². The molecular weight excluding hydrogens is 390 g/mol. The zero-order valence-corrected chi connectivity index (χ0v) is 18.3. The Bertz CT molecular complexity index is 784. The summed E-state index contributed by atoms with van der Waals surface area (Å²) in [7, 11) is 0. The maximum Gasteiger partial charge on any atom is 0.330 e. The summed E-state index contributed by atoms with van der Waals surface area (Å²) >= 11 is 0. The largest absolute Gasteiger partial charge is 0.463 e. The maximum absolute atomic E-state index is 11.0. The first-order chi connectivity index (χ1) is 15.2. The highest BCUT2D eigenvalue weighted by Gasteiger charge is 2.02. The van der Waals surface area contributed by atoms with Gasteiger partial charge in [-0.2, -0.15) is 0 Å². The molecule has 2 rings (SSSR count). The first kappa shape index (κ1) is 24.5. The Morgan fingerprint density at radius 2 is 1.58 bits per heavy atom. The van der Waals surface area contributed by atoms with Crippen LogP contribution in [-0.4, -0.2) is 30.8 Å². The van der Waals surface area contributed by atoms with Crippen molar-refractivity contribution >= 4 is 5.97 Å². The molecule has 0 bridgehead atoms. The van der Waals surface area contributed by atoms with E-state index in [0.29, 0.717) is 19.8 Å². The van der Waals surface area contributed by atoms with E-state index < -0.39 is 0 Å².